The minimum Gasteiger partial charge on any atom is -0.493 e. The van der Waals surface area contributed by atoms with Gasteiger partial charge in [-0.3, -0.25) is 0 Å². The maximum atomic E-state index is 8.84. The van der Waals surface area contributed by atoms with E-state index in [1.54, 1.807) is 30.3 Å². The minimum absolute atomic E-state index is 0. The van der Waals surface area contributed by atoms with E-state index < -0.39 is 0 Å². The van der Waals surface area contributed by atoms with E-state index in [4.69, 9.17) is 36.1 Å². The van der Waals surface area contributed by atoms with Crippen molar-refractivity contribution in [2.75, 3.05) is 14.2 Å². The molecule has 0 saturated heterocycles. The molecular formula is C17H22Cl2N4O5. The predicted molar refractivity (Wildman–Crippen MR) is 110 cm³/mol. The third-order valence-corrected chi connectivity index (χ3v) is 3.58. The zero-order valence-corrected chi connectivity index (χ0v) is 16.8. The average molecular weight is 433 g/mol. The Bertz CT molecular complexity index is 821. The van der Waals surface area contributed by atoms with E-state index in [0.717, 1.165) is 5.56 Å². The fourth-order valence-electron chi connectivity index (χ4n) is 2.26. The van der Waals surface area contributed by atoms with E-state index in [0.29, 0.717) is 28.4 Å². The Morgan fingerprint density at radius 3 is 1.93 bits per heavy atom. The van der Waals surface area contributed by atoms with Gasteiger partial charge < -0.3 is 36.1 Å². The van der Waals surface area contributed by atoms with Gasteiger partial charge in [-0.25, -0.2) is 0 Å². The summed E-state index contributed by atoms with van der Waals surface area (Å²) in [5.74, 6) is 1.00. The van der Waals surface area contributed by atoms with Gasteiger partial charge in [-0.05, 0) is 23.8 Å². The Hall–Kier alpha value is -3.04. The summed E-state index contributed by atoms with van der Waals surface area (Å²) in [7, 11) is 2.94. The number of oxime groups is 2. The zero-order chi connectivity index (χ0) is 19.1. The molecule has 2 aromatic rings. The zero-order valence-electron chi connectivity index (χ0n) is 15.2. The largest absolute Gasteiger partial charge is 0.493 e. The van der Waals surface area contributed by atoms with Gasteiger partial charge in [-0.15, -0.1) is 24.8 Å². The van der Waals surface area contributed by atoms with Crippen LogP contribution in [-0.2, 0) is 6.61 Å². The number of amidine groups is 2. The summed E-state index contributed by atoms with van der Waals surface area (Å²) >= 11 is 0. The quantitative estimate of drug-likeness (QED) is 0.227. The standard InChI is InChI=1S/C17H20N4O5.2ClH/c1-24-13-7-12(17(19)21-23)8-14(25-2)15(13)26-9-10-4-3-5-11(6-10)16(18)20-22;;/h3-8,22-23H,9H2,1-2H3,(H2,18,20)(H2,19,21);2*1H. The number of hydrogen-bond acceptors (Lipinski definition) is 7. The number of rotatable bonds is 7. The van der Waals surface area contributed by atoms with Crippen LogP contribution in [0.3, 0.4) is 0 Å². The fraction of sp³-hybridized carbons (Fsp3) is 0.176. The van der Waals surface area contributed by atoms with Crippen LogP contribution in [0.4, 0.5) is 0 Å². The lowest BCUT2D eigenvalue weighted by Crippen LogP contribution is -2.14. The Morgan fingerprint density at radius 2 is 1.43 bits per heavy atom. The lowest BCUT2D eigenvalue weighted by molar-refractivity contribution is 0.266. The van der Waals surface area contributed by atoms with Gasteiger partial charge in [-0.1, -0.05) is 28.5 Å². The molecule has 0 atom stereocenters. The molecule has 9 nitrogen and oxygen atoms in total. The second-order valence-electron chi connectivity index (χ2n) is 5.17. The maximum Gasteiger partial charge on any atom is 0.203 e. The highest BCUT2D eigenvalue weighted by Crippen LogP contribution is 2.39. The van der Waals surface area contributed by atoms with Crippen molar-refractivity contribution in [2.24, 2.45) is 21.8 Å². The molecule has 0 radical (unpaired) electrons. The van der Waals surface area contributed by atoms with Crippen LogP contribution in [0.25, 0.3) is 0 Å². The van der Waals surface area contributed by atoms with Gasteiger partial charge in [0.1, 0.15) is 6.61 Å². The number of hydrogen-bond donors (Lipinski definition) is 4. The Morgan fingerprint density at radius 1 is 0.893 bits per heavy atom. The highest BCUT2D eigenvalue weighted by molar-refractivity contribution is 5.98. The molecule has 0 saturated carbocycles. The van der Waals surface area contributed by atoms with Crippen LogP contribution in [0, 0.1) is 0 Å². The molecule has 0 fully saturated rings. The van der Waals surface area contributed by atoms with Crippen molar-refractivity contribution in [2.45, 2.75) is 6.61 Å². The number of nitrogens with zero attached hydrogens (tertiary/aromatic N) is 2. The van der Waals surface area contributed by atoms with Crippen LogP contribution >= 0.6 is 24.8 Å². The molecule has 28 heavy (non-hydrogen) atoms. The smallest absolute Gasteiger partial charge is 0.203 e. The van der Waals surface area contributed by atoms with Gasteiger partial charge in [0, 0.05) is 11.1 Å². The van der Waals surface area contributed by atoms with Crippen molar-refractivity contribution in [3.63, 3.8) is 0 Å². The molecule has 2 rings (SSSR count). The fourth-order valence-corrected chi connectivity index (χ4v) is 2.26. The summed E-state index contributed by atoms with van der Waals surface area (Å²) in [6, 6.07) is 10.2. The van der Waals surface area contributed by atoms with Crippen LogP contribution < -0.4 is 25.7 Å². The molecule has 154 valence electrons. The topological polar surface area (TPSA) is 145 Å². The van der Waals surface area contributed by atoms with E-state index >= 15 is 0 Å². The maximum absolute atomic E-state index is 8.84. The normalized spacial score (nSPS) is 11.1. The van der Waals surface area contributed by atoms with E-state index in [9.17, 15) is 0 Å². The van der Waals surface area contributed by atoms with Gasteiger partial charge in [0.05, 0.1) is 14.2 Å². The lowest BCUT2D eigenvalue weighted by Gasteiger charge is -2.16. The summed E-state index contributed by atoms with van der Waals surface area (Å²) in [6.07, 6.45) is 0. The van der Waals surface area contributed by atoms with Crippen molar-refractivity contribution < 1.29 is 24.6 Å². The van der Waals surface area contributed by atoms with Crippen molar-refractivity contribution in [3.8, 4) is 17.2 Å². The van der Waals surface area contributed by atoms with Crippen molar-refractivity contribution in [1.82, 2.24) is 0 Å². The molecule has 0 unspecified atom stereocenters. The van der Waals surface area contributed by atoms with Crippen LogP contribution in [0.1, 0.15) is 16.7 Å². The first-order valence-corrected chi connectivity index (χ1v) is 7.47. The number of halogens is 2. The van der Waals surface area contributed by atoms with Gasteiger partial charge in [0.25, 0.3) is 0 Å². The van der Waals surface area contributed by atoms with Gasteiger partial charge in [0.15, 0.2) is 23.2 Å². The van der Waals surface area contributed by atoms with Crippen LogP contribution in [0.15, 0.2) is 46.7 Å². The molecule has 0 aliphatic rings. The summed E-state index contributed by atoms with van der Waals surface area (Å²) in [5, 5.41) is 23.6. The third-order valence-electron chi connectivity index (χ3n) is 3.58. The van der Waals surface area contributed by atoms with Crippen LogP contribution in [-0.4, -0.2) is 36.3 Å². The highest BCUT2D eigenvalue weighted by Gasteiger charge is 2.16. The minimum atomic E-state index is -0.0837. The van der Waals surface area contributed by atoms with Crippen molar-refractivity contribution in [3.05, 3.63) is 53.1 Å². The predicted octanol–water partition coefficient (Wildman–Crippen LogP) is 2.32. The van der Waals surface area contributed by atoms with Gasteiger partial charge >= 0.3 is 0 Å². The molecule has 6 N–H and O–H groups in total. The Kier molecular flexibility index (Phi) is 10.4. The number of nitrogens with two attached hydrogens (primary N) is 2. The Labute approximate surface area is 174 Å². The summed E-state index contributed by atoms with van der Waals surface area (Å²) in [4.78, 5) is 0. The molecular weight excluding hydrogens is 411 g/mol. The molecule has 0 aromatic heterocycles. The van der Waals surface area contributed by atoms with E-state index in [1.807, 2.05) is 6.07 Å². The molecule has 0 spiro atoms. The number of benzene rings is 2. The van der Waals surface area contributed by atoms with E-state index in [-0.39, 0.29) is 43.1 Å². The Balaban J connectivity index is 0.00000364. The first kappa shape index (κ1) is 25.0. The molecule has 0 aliphatic carbocycles. The third kappa shape index (κ3) is 5.73. The van der Waals surface area contributed by atoms with E-state index in [1.165, 1.54) is 14.2 Å². The molecule has 0 bridgehead atoms. The highest BCUT2D eigenvalue weighted by atomic mass is 35.5. The molecule has 0 aliphatic heterocycles. The monoisotopic (exact) mass is 432 g/mol. The van der Waals surface area contributed by atoms with Crippen LogP contribution in [0.2, 0.25) is 0 Å². The summed E-state index contributed by atoms with van der Waals surface area (Å²) < 4.78 is 16.5. The molecule has 0 amide bonds. The van der Waals surface area contributed by atoms with Gasteiger partial charge in [0.2, 0.25) is 5.75 Å². The molecule has 11 heteroatoms. The van der Waals surface area contributed by atoms with Crippen molar-refractivity contribution in [1.29, 1.82) is 0 Å². The second kappa shape index (κ2) is 11.6. The van der Waals surface area contributed by atoms with E-state index in [2.05, 4.69) is 10.3 Å². The first-order valence-electron chi connectivity index (χ1n) is 7.47. The van der Waals surface area contributed by atoms with Gasteiger partial charge in [-0.2, -0.15) is 0 Å². The lowest BCUT2D eigenvalue weighted by atomic mass is 10.1. The second-order valence-corrected chi connectivity index (χ2v) is 5.17. The molecule has 2 aromatic carbocycles. The van der Waals surface area contributed by atoms with Crippen LogP contribution in [0.5, 0.6) is 17.2 Å². The number of ether oxygens (including phenoxy) is 3. The average Bonchev–Trinajstić information content (AvgIpc) is 2.70. The number of methoxy groups -OCH3 is 2. The molecule has 0 heterocycles. The summed E-state index contributed by atoms with van der Waals surface area (Å²) in [6.45, 7) is 0.183. The first-order chi connectivity index (χ1) is 12.5. The SMILES string of the molecule is COc1cc(/C(N)=N/O)cc(OC)c1OCc1cccc(/C(N)=N/O)c1.Cl.Cl. The van der Waals surface area contributed by atoms with Crippen molar-refractivity contribution >= 4 is 36.5 Å². The summed E-state index contributed by atoms with van der Waals surface area (Å²) in [5.41, 5.74) is 13.0.